The summed E-state index contributed by atoms with van der Waals surface area (Å²) in [6, 6.07) is 6.80. The monoisotopic (exact) mass is 206 g/mol. The Balaban J connectivity index is 2.72. The molecule has 0 spiro atoms. The van der Waals surface area contributed by atoms with Crippen LogP contribution in [0.2, 0.25) is 0 Å². The fourth-order valence-corrected chi connectivity index (χ4v) is 1.76. The second-order valence-corrected chi connectivity index (χ2v) is 4.52. The van der Waals surface area contributed by atoms with Crippen molar-refractivity contribution in [3.8, 4) is 0 Å². The van der Waals surface area contributed by atoms with E-state index >= 15 is 0 Å². The van der Waals surface area contributed by atoms with E-state index in [-0.39, 0.29) is 12.1 Å². The van der Waals surface area contributed by atoms with Gasteiger partial charge in [-0.15, -0.1) is 0 Å². The molecule has 0 amide bonds. The Morgan fingerprint density at radius 1 is 1.13 bits per heavy atom. The van der Waals surface area contributed by atoms with Crippen molar-refractivity contribution in [3.05, 3.63) is 34.9 Å². The average molecular weight is 206 g/mol. The molecule has 0 aromatic heterocycles. The summed E-state index contributed by atoms with van der Waals surface area (Å²) < 4.78 is 0. The molecular formula is C13H22N2. The second kappa shape index (κ2) is 5.29. The molecule has 0 radical (unpaired) electrons. The first-order valence-corrected chi connectivity index (χ1v) is 5.59. The Bertz CT molecular complexity index is 318. The van der Waals surface area contributed by atoms with Crippen LogP contribution in [0, 0.1) is 13.8 Å². The molecule has 2 heteroatoms. The summed E-state index contributed by atoms with van der Waals surface area (Å²) in [5, 5.41) is 0. The summed E-state index contributed by atoms with van der Waals surface area (Å²) in [7, 11) is 0. The van der Waals surface area contributed by atoms with Gasteiger partial charge in [0.15, 0.2) is 0 Å². The van der Waals surface area contributed by atoms with Crippen molar-refractivity contribution < 1.29 is 0 Å². The molecule has 0 heterocycles. The van der Waals surface area contributed by atoms with Crippen molar-refractivity contribution in [2.45, 2.75) is 45.7 Å². The van der Waals surface area contributed by atoms with Gasteiger partial charge >= 0.3 is 0 Å². The van der Waals surface area contributed by atoms with Crippen LogP contribution < -0.4 is 11.5 Å². The molecule has 2 atom stereocenters. The number of nitrogens with two attached hydrogens (primary N) is 2. The van der Waals surface area contributed by atoms with Crippen LogP contribution in [0.5, 0.6) is 0 Å². The highest BCUT2D eigenvalue weighted by Gasteiger charge is 2.09. The highest BCUT2D eigenvalue weighted by atomic mass is 14.6. The number of rotatable bonds is 4. The predicted molar refractivity (Wildman–Crippen MR) is 65.7 cm³/mol. The van der Waals surface area contributed by atoms with E-state index in [4.69, 9.17) is 11.5 Å². The van der Waals surface area contributed by atoms with Gasteiger partial charge in [-0.2, -0.15) is 0 Å². The highest BCUT2D eigenvalue weighted by molar-refractivity contribution is 5.32. The van der Waals surface area contributed by atoms with Crippen LogP contribution in [0.1, 0.15) is 42.5 Å². The molecule has 15 heavy (non-hydrogen) atoms. The molecule has 1 rings (SSSR count). The molecule has 2 unspecified atom stereocenters. The van der Waals surface area contributed by atoms with Crippen molar-refractivity contribution >= 4 is 0 Å². The minimum atomic E-state index is 0.121. The molecule has 0 fully saturated rings. The van der Waals surface area contributed by atoms with E-state index in [9.17, 15) is 0 Å². The van der Waals surface area contributed by atoms with E-state index in [1.165, 1.54) is 16.7 Å². The largest absolute Gasteiger partial charge is 0.328 e. The Labute approximate surface area is 92.7 Å². The number of aryl methyl sites for hydroxylation is 2. The van der Waals surface area contributed by atoms with Gasteiger partial charge in [0.1, 0.15) is 0 Å². The van der Waals surface area contributed by atoms with Gasteiger partial charge in [-0.05, 0) is 44.7 Å². The normalized spacial score (nSPS) is 15.0. The van der Waals surface area contributed by atoms with Crippen LogP contribution in [0.3, 0.4) is 0 Å². The Morgan fingerprint density at radius 3 is 2.40 bits per heavy atom. The molecule has 0 aliphatic heterocycles. The fraction of sp³-hybridized carbons (Fsp3) is 0.538. The van der Waals surface area contributed by atoms with Crippen LogP contribution in [0.4, 0.5) is 0 Å². The maximum atomic E-state index is 6.16. The zero-order valence-electron chi connectivity index (χ0n) is 9.96. The Hall–Kier alpha value is -0.860. The number of hydrogen-bond donors (Lipinski definition) is 2. The summed E-state index contributed by atoms with van der Waals surface area (Å²) in [5.74, 6) is 0. The number of benzene rings is 1. The minimum absolute atomic E-state index is 0.121. The lowest BCUT2D eigenvalue weighted by atomic mass is 9.95. The van der Waals surface area contributed by atoms with E-state index in [0.717, 1.165) is 12.8 Å². The molecule has 4 N–H and O–H groups in total. The molecule has 84 valence electrons. The second-order valence-electron chi connectivity index (χ2n) is 4.52. The van der Waals surface area contributed by atoms with E-state index in [2.05, 4.69) is 32.0 Å². The zero-order chi connectivity index (χ0) is 11.4. The lowest BCUT2D eigenvalue weighted by Gasteiger charge is -2.16. The lowest BCUT2D eigenvalue weighted by molar-refractivity contribution is 0.553. The summed E-state index contributed by atoms with van der Waals surface area (Å²) in [5.41, 5.74) is 15.7. The van der Waals surface area contributed by atoms with Crippen LogP contribution in [0.15, 0.2) is 18.2 Å². The standard InChI is InChI=1S/C13H22N2/c1-9-4-5-10(2)12(8-9)13(15)7-6-11(3)14/h4-5,8,11,13H,6-7,14-15H2,1-3H3. The molecule has 1 aromatic rings. The first-order valence-electron chi connectivity index (χ1n) is 5.59. The van der Waals surface area contributed by atoms with E-state index in [1.54, 1.807) is 0 Å². The minimum Gasteiger partial charge on any atom is -0.328 e. The molecule has 0 bridgehead atoms. The molecule has 0 saturated carbocycles. The van der Waals surface area contributed by atoms with Gasteiger partial charge in [-0.1, -0.05) is 23.8 Å². The summed E-state index contributed by atoms with van der Waals surface area (Å²) in [6.45, 7) is 6.23. The molecular weight excluding hydrogens is 184 g/mol. The zero-order valence-corrected chi connectivity index (χ0v) is 9.96. The average Bonchev–Trinajstić information content (AvgIpc) is 2.18. The van der Waals surface area contributed by atoms with Crippen molar-refractivity contribution in [1.29, 1.82) is 0 Å². The summed E-state index contributed by atoms with van der Waals surface area (Å²) >= 11 is 0. The Kier molecular flexibility index (Phi) is 4.30. The topological polar surface area (TPSA) is 52.0 Å². The first-order chi connectivity index (χ1) is 7.00. The van der Waals surface area contributed by atoms with Crippen LogP contribution in [-0.4, -0.2) is 6.04 Å². The van der Waals surface area contributed by atoms with Crippen molar-refractivity contribution in [2.24, 2.45) is 11.5 Å². The van der Waals surface area contributed by atoms with Gasteiger partial charge in [0.2, 0.25) is 0 Å². The van der Waals surface area contributed by atoms with Crippen LogP contribution >= 0.6 is 0 Å². The van der Waals surface area contributed by atoms with Gasteiger partial charge in [-0.25, -0.2) is 0 Å². The van der Waals surface area contributed by atoms with Crippen molar-refractivity contribution in [3.63, 3.8) is 0 Å². The summed E-state index contributed by atoms with van der Waals surface area (Å²) in [6.07, 6.45) is 1.94. The maximum absolute atomic E-state index is 6.16. The van der Waals surface area contributed by atoms with E-state index in [0.29, 0.717) is 0 Å². The lowest BCUT2D eigenvalue weighted by Crippen LogP contribution is -2.19. The first kappa shape index (κ1) is 12.2. The predicted octanol–water partition coefficient (Wildman–Crippen LogP) is 2.43. The molecule has 2 nitrogen and oxygen atoms in total. The third-order valence-electron chi connectivity index (χ3n) is 2.77. The van der Waals surface area contributed by atoms with Gasteiger partial charge in [-0.3, -0.25) is 0 Å². The maximum Gasteiger partial charge on any atom is 0.0298 e. The van der Waals surface area contributed by atoms with Gasteiger partial charge in [0.05, 0.1) is 0 Å². The van der Waals surface area contributed by atoms with Gasteiger partial charge < -0.3 is 11.5 Å². The van der Waals surface area contributed by atoms with E-state index < -0.39 is 0 Å². The van der Waals surface area contributed by atoms with Crippen LogP contribution in [-0.2, 0) is 0 Å². The molecule has 0 aliphatic carbocycles. The van der Waals surface area contributed by atoms with Crippen molar-refractivity contribution in [1.82, 2.24) is 0 Å². The number of hydrogen-bond acceptors (Lipinski definition) is 2. The van der Waals surface area contributed by atoms with E-state index in [1.807, 2.05) is 6.92 Å². The third-order valence-corrected chi connectivity index (χ3v) is 2.77. The SMILES string of the molecule is Cc1ccc(C)c(C(N)CCC(C)N)c1. The van der Waals surface area contributed by atoms with Gasteiger partial charge in [0, 0.05) is 12.1 Å². The quantitative estimate of drug-likeness (QED) is 0.795. The molecule has 1 aromatic carbocycles. The third kappa shape index (κ3) is 3.65. The molecule has 0 saturated heterocycles. The van der Waals surface area contributed by atoms with Crippen molar-refractivity contribution in [2.75, 3.05) is 0 Å². The van der Waals surface area contributed by atoms with Crippen LogP contribution in [0.25, 0.3) is 0 Å². The Morgan fingerprint density at radius 2 is 1.80 bits per heavy atom. The molecule has 0 aliphatic rings. The smallest absolute Gasteiger partial charge is 0.0298 e. The highest BCUT2D eigenvalue weighted by Crippen LogP contribution is 2.21. The summed E-state index contributed by atoms with van der Waals surface area (Å²) in [4.78, 5) is 0. The fourth-order valence-electron chi connectivity index (χ4n) is 1.76. The van der Waals surface area contributed by atoms with Gasteiger partial charge in [0.25, 0.3) is 0 Å².